The van der Waals surface area contributed by atoms with Crippen molar-refractivity contribution in [3.8, 4) is 0 Å². The summed E-state index contributed by atoms with van der Waals surface area (Å²) in [6.07, 6.45) is -8.56. The van der Waals surface area contributed by atoms with Crippen molar-refractivity contribution >= 4 is 5.97 Å². The summed E-state index contributed by atoms with van der Waals surface area (Å²) in [5.41, 5.74) is -2.75. The molecule has 0 saturated heterocycles. The molecule has 0 fully saturated rings. The van der Waals surface area contributed by atoms with Crippen molar-refractivity contribution in [2.45, 2.75) is 25.9 Å². The van der Waals surface area contributed by atoms with Crippen LogP contribution in [0.25, 0.3) is 0 Å². The van der Waals surface area contributed by atoms with Gasteiger partial charge in [-0.15, -0.1) is 0 Å². The second kappa shape index (κ2) is 5.94. The van der Waals surface area contributed by atoms with E-state index < -0.39 is 36.4 Å². The Kier molecular flexibility index (Phi) is 4.79. The van der Waals surface area contributed by atoms with Crippen molar-refractivity contribution in [2.75, 3.05) is 6.61 Å². The molecule has 0 aliphatic rings. The lowest BCUT2D eigenvalue weighted by atomic mass is 10.1. The molecule has 1 heterocycles. The molecule has 0 radical (unpaired) electrons. The number of carbonyl (C=O) groups excluding carboxylic acids is 1. The number of carbonyl (C=O) groups is 1. The molecule has 1 rings (SSSR count). The number of halogens is 5. The zero-order chi connectivity index (χ0) is 14.6. The van der Waals surface area contributed by atoms with Gasteiger partial charge in [0.25, 0.3) is 6.43 Å². The Morgan fingerprint density at radius 1 is 1.37 bits per heavy atom. The molecule has 19 heavy (non-hydrogen) atoms. The van der Waals surface area contributed by atoms with Gasteiger partial charge >= 0.3 is 12.1 Å². The number of rotatable bonds is 4. The zero-order valence-corrected chi connectivity index (χ0v) is 9.80. The minimum Gasteiger partial charge on any atom is -0.466 e. The number of alkyl halides is 5. The second-order valence-electron chi connectivity index (χ2n) is 3.52. The number of aromatic nitrogens is 1. The number of pyridine rings is 1. The topological polar surface area (TPSA) is 39.2 Å². The average molecular weight is 283 g/mol. The van der Waals surface area contributed by atoms with Crippen molar-refractivity contribution < 1.29 is 31.5 Å². The number of hydrogen-bond acceptors (Lipinski definition) is 3. The lowest BCUT2D eigenvalue weighted by molar-refractivity contribution is -0.142. The van der Waals surface area contributed by atoms with Crippen molar-refractivity contribution in [2.24, 2.45) is 0 Å². The van der Waals surface area contributed by atoms with Gasteiger partial charge < -0.3 is 4.74 Å². The van der Waals surface area contributed by atoms with Crippen LogP contribution in [0.2, 0.25) is 0 Å². The fourth-order valence-electron chi connectivity index (χ4n) is 1.37. The van der Waals surface area contributed by atoms with Gasteiger partial charge in [0.2, 0.25) is 0 Å². The molecule has 0 bridgehead atoms. The molecule has 0 spiro atoms. The standard InChI is InChI=1S/C11H10F5NO2/c1-2-19-8(18)5-6-3-4-7(11(14,15)16)17-9(6)10(12)13/h3-4,10H,2,5H2,1H3. The minimum atomic E-state index is -4.81. The Bertz CT molecular complexity index is 459. The molecule has 0 unspecified atom stereocenters. The Morgan fingerprint density at radius 3 is 2.47 bits per heavy atom. The summed E-state index contributed by atoms with van der Waals surface area (Å²) in [6, 6.07) is 1.37. The minimum absolute atomic E-state index is 0.0525. The van der Waals surface area contributed by atoms with E-state index in [4.69, 9.17) is 0 Å². The number of nitrogens with zero attached hydrogens (tertiary/aromatic N) is 1. The van der Waals surface area contributed by atoms with Crippen molar-refractivity contribution in [1.29, 1.82) is 0 Å². The monoisotopic (exact) mass is 283 g/mol. The molecule has 1 aromatic heterocycles. The highest BCUT2D eigenvalue weighted by atomic mass is 19.4. The van der Waals surface area contributed by atoms with E-state index in [-0.39, 0.29) is 12.2 Å². The first-order valence-electron chi connectivity index (χ1n) is 5.26. The highest BCUT2D eigenvalue weighted by molar-refractivity contribution is 5.72. The molecular formula is C11H10F5NO2. The van der Waals surface area contributed by atoms with Gasteiger partial charge in [-0.3, -0.25) is 4.79 Å². The Hall–Kier alpha value is -1.73. The average Bonchev–Trinajstić information content (AvgIpc) is 2.27. The van der Waals surface area contributed by atoms with Crippen LogP contribution in [0.4, 0.5) is 22.0 Å². The third-order valence-corrected chi connectivity index (χ3v) is 2.15. The Morgan fingerprint density at radius 2 is 2.00 bits per heavy atom. The van der Waals surface area contributed by atoms with Crippen LogP contribution < -0.4 is 0 Å². The number of ether oxygens (including phenoxy) is 1. The maximum absolute atomic E-state index is 12.7. The summed E-state index contributed by atoms with van der Waals surface area (Å²) in [7, 11) is 0. The molecule has 3 nitrogen and oxygen atoms in total. The Labute approximate surface area is 105 Å². The fraction of sp³-hybridized carbons (Fsp3) is 0.455. The van der Waals surface area contributed by atoms with Gasteiger partial charge in [-0.2, -0.15) is 13.2 Å². The summed E-state index contributed by atoms with van der Waals surface area (Å²) < 4.78 is 66.9. The lowest BCUT2D eigenvalue weighted by Gasteiger charge is -2.11. The smallest absolute Gasteiger partial charge is 0.433 e. The van der Waals surface area contributed by atoms with Gasteiger partial charge in [-0.05, 0) is 18.6 Å². The molecule has 1 aromatic rings. The SMILES string of the molecule is CCOC(=O)Cc1ccc(C(F)(F)F)nc1C(F)F. The second-order valence-corrected chi connectivity index (χ2v) is 3.52. The van der Waals surface area contributed by atoms with E-state index in [0.717, 1.165) is 6.07 Å². The van der Waals surface area contributed by atoms with Crippen LogP contribution in [0, 0.1) is 0 Å². The van der Waals surface area contributed by atoms with Crippen LogP contribution in [0.15, 0.2) is 12.1 Å². The lowest BCUT2D eigenvalue weighted by Crippen LogP contribution is -2.14. The van der Waals surface area contributed by atoms with Crippen LogP contribution in [0.1, 0.15) is 30.3 Å². The van der Waals surface area contributed by atoms with Crippen LogP contribution >= 0.6 is 0 Å². The predicted octanol–water partition coefficient (Wildman–Crippen LogP) is 3.14. The van der Waals surface area contributed by atoms with Crippen molar-refractivity contribution in [3.05, 3.63) is 29.1 Å². The van der Waals surface area contributed by atoms with E-state index in [1.807, 2.05) is 0 Å². The van der Waals surface area contributed by atoms with Crippen LogP contribution in [0.5, 0.6) is 0 Å². The van der Waals surface area contributed by atoms with Gasteiger partial charge in [0.05, 0.1) is 13.0 Å². The normalized spacial score (nSPS) is 11.7. The Balaban J connectivity index is 3.09. The molecule has 0 saturated carbocycles. The third-order valence-electron chi connectivity index (χ3n) is 2.15. The van der Waals surface area contributed by atoms with Gasteiger partial charge in [0, 0.05) is 0 Å². The molecule has 0 N–H and O–H groups in total. The van der Waals surface area contributed by atoms with E-state index in [9.17, 15) is 26.7 Å². The first-order valence-corrected chi connectivity index (χ1v) is 5.26. The quantitative estimate of drug-likeness (QED) is 0.629. The summed E-state index contributed by atoms with van der Waals surface area (Å²) in [4.78, 5) is 14.0. The summed E-state index contributed by atoms with van der Waals surface area (Å²) in [6.45, 7) is 1.58. The summed E-state index contributed by atoms with van der Waals surface area (Å²) in [5, 5.41) is 0. The van der Waals surface area contributed by atoms with Crippen molar-refractivity contribution in [3.63, 3.8) is 0 Å². The largest absolute Gasteiger partial charge is 0.466 e. The van der Waals surface area contributed by atoms with Gasteiger partial charge in [-0.25, -0.2) is 13.8 Å². The molecular weight excluding hydrogens is 273 g/mol. The molecule has 0 aromatic carbocycles. The van der Waals surface area contributed by atoms with Crippen LogP contribution in [-0.2, 0) is 22.1 Å². The maximum atomic E-state index is 12.7. The van der Waals surface area contributed by atoms with E-state index >= 15 is 0 Å². The molecule has 0 aliphatic heterocycles. The van der Waals surface area contributed by atoms with E-state index in [2.05, 4.69) is 9.72 Å². The fourth-order valence-corrected chi connectivity index (χ4v) is 1.37. The van der Waals surface area contributed by atoms with Crippen molar-refractivity contribution in [1.82, 2.24) is 4.98 Å². The molecule has 0 amide bonds. The number of esters is 1. The summed E-state index contributed by atoms with van der Waals surface area (Å²) >= 11 is 0. The van der Waals surface area contributed by atoms with Gasteiger partial charge in [0.15, 0.2) is 0 Å². The van der Waals surface area contributed by atoms with Gasteiger partial charge in [0.1, 0.15) is 11.4 Å². The molecule has 106 valence electrons. The molecule has 8 heteroatoms. The number of hydrogen-bond donors (Lipinski definition) is 0. The van der Waals surface area contributed by atoms with E-state index in [1.54, 1.807) is 0 Å². The molecule has 0 atom stereocenters. The molecule has 0 aliphatic carbocycles. The summed E-state index contributed by atoms with van der Waals surface area (Å²) in [5.74, 6) is -0.800. The van der Waals surface area contributed by atoms with E-state index in [0.29, 0.717) is 6.07 Å². The van der Waals surface area contributed by atoms with Gasteiger partial charge in [-0.1, -0.05) is 6.07 Å². The highest BCUT2D eigenvalue weighted by Crippen LogP contribution is 2.30. The first kappa shape index (κ1) is 15.3. The predicted molar refractivity (Wildman–Crippen MR) is 54.5 cm³/mol. The maximum Gasteiger partial charge on any atom is 0.433 e. The zero-order valence-electron chi connectivity index (χ0n) is 9.80. The van der Waals surface area contributed by atoms with Crippen LogP contribution in [-0.4, -0.2) is 17.6 Å². The van der Waals surface area contributed by atoms with Crippen LogP contribution in [0.3, 0.4) is 0 Å². The first-order chi connectivity index (χ1) is 8.75. The van der Waals surface area contributed by atoms with E-state index in [1.165, 1.54) is 6.92 Å². The third kappa shape index (κ3) is 4.15. The highest BCUT2D eigenvalue weighted by Gasteiger charge is 2.34.